The van der Waals surface area contributed by atoms with E-state index in [-0.39, 0.29) is 23.5 Å². The zero-order chi connectivity index (χ0) is 35.0. The third kappa shape index (κ3) is 8.94. The molecule has 1 aliphatic rings. The van der Waals surface area contributed by atoms with E-state index >= 15 is 0 Å². The molecule has 5 N–H and O–H groups in total. The van der Waals surface area contributed by atoms with Crippen LogP contribution < -0.4 is 20.7 Å². The van der Waals surface area contributed by atoms with E-state index in [1.165, 1.54) is 12.0 Å². The van der Waals surface area contributed by atoms with Crippen molar-refractivity contribution in [2.24, 2.45) is 0 Å². The van der Waals surface area contributed by atoms with Crippen molar-refractivity contribution in [2.75, 3.05) is 16.6 Å². The first kappa shape index (κ1) is 34.9. The molecule has 3 amide bonds. The molecule has 0 heterocycles. The van der Waals surface area contributed by atoms with Crippen LogP contribution in [0.4, 0.5) is 16.2 Å². The molecule has 4 aromatic carbocycles. The molecule has 0 aliphatic heterocycles. The minimum Gasteiger partial charge on any atom is -0.481 e. The van der Waals surface area contributed by atoms with Crippen molar-refractivity contribution in [2.45, 2.75) is 56.9 Å². The SMILES string of the molecule is Cc1ccc(NC(=O)NC(c2ccc(C(=O)NCCC(=O)O)cc2)c2ccc(C3=CCCCC3)cc2)c(S(=O)(=O)Nc2ccccc2)c1C. The molecule has 1 unspecified atom stereocenters. The number of hydrogen-bond donors (Lipinski definition) is 5. The van der Waals surface area contributed by atoms with E-state index in [4.69, 9.17) is 5.11 Å². The second kappa shape index (κ2) is 15.7. The van der Waals surface area contributed by atoms with Crippen molar-refractivity contribution >= 4 is 44.9 Å². The molecule has 10 nitrogen and oxygen atoms in total. The van der Waals surface area contributed by atoms with Crippen LogP contribution in [0.3, 0.4) is 0 Å². The Hall–Kier alpha value is -5.42. The number of allylic oxidation sites excluding steroid dienone is 2. The van der Waals surface area contributed by atoms with Gasteiger partial charge in [0.25, 0.3) is 15.9 Å². The maximum absolute atomic E-state index is 13.7. The Morgan fingerprint density at radius 3 is 2.14 bits per heavy atom. The summed E-state index contributed by atoms with van der Waals surface area (Å²) in [6.07, 6.45) is 6.47. The summed E-state index contributed by atoms with van der Waals surface area (Å²) in [4.78, 5) is 37.1. The first-order valence-electron chi connectivity index (χ1n) is 16.2. The number of aliphatic carboxylic acids is 1. The number of carboxylic acids is 1. The topological polar surface area (TPSA) is 154 Å². The van der Waals surface area contributed by atoms with Crippen molar-refractivity contribution in [3.8, 4) is 0 Å². The molecule has 0 radical (unpaired) electrons. The molecule has 254 valence electrons. The van der Waals surface area contributed by atoms with E-state index < -0.39 is 34.0 Å². The molecular weight excluding hydrogens is 641 g/mol. The standard InChI is InChI=1S/C38H40N4O6S/c1-25-13-22-33(36(26(25)2)49(47,48)42-32-11-7-4-8-12-32)40-38(46)41-35(29-16-14-28(15-17-29)27-9-5-3-6-10-27)30-18-20-31(21-19-30)37(45)39-24-23-34(43)44/h4,7-9,11-22,35,42H,3,5-6,10,23-24H2,1-2H3,(H,39,45)(H,43,44)(H2,40,41,46). The van der Waals surface area contributed by atoms with E-state index in [2.05, 4.69) is 26.7 Å². The Kier molecular flexibility index (Phi) is 11.1. The van der Waals surface area contributed by atoms with Crippen LogP contribution in [0, 0.1) is 13.8 Å². The van der Waals surface area contributed by atoms with Gasteiger partial charge in [0.05, 0.1) is 18.2 Å². The van der Waals surface area contributed by atoms with Crippen molar-refractivity contribution in [3.63, 3.8) is 0 Å². The number of carboxylic acid groups (broad SMARTS) is 1. The summed E-state index contributed by atoms with van der Waals surface area (Å²) >= 11 is 0. The molecule has 0 bridgehead atoms. The van der Waals surface area contributed by atoms with E-state index in [9.17, 15) is 22.8 Å². The van der Waals surface area contributed by atoms with E-state index in [0.29, 0.717) is 22.4 Å². The zero-order valence-electron chi connectivity index (χ0n) is 27.5. The quantitative estimate of drug-likeness (QED) is 0.107. The van der Waals surface area contributed by atoms with Crippen LogP contribution in [-0.2, 0) is 14.8 Å². The fraction of sp³-hybridized carbons (Fsp3) is 0.237. The lowest BCUT2D eigenvalue weighted by Gasteiger charge is -2.23. The maximum atomic E-state index is 13.7. The Balaban J connectivity index is 1.43. The molecule has 49 heavy (non-hydrogen) atoms. The molecule has 0 saturated heterocycles. The van der Waals surface area contributed by atoms with Crippen LogP contribution in [0.25, 0.3) is 5.57 Å². The highest BCUT2D eigenvalue weighted by Gasteiger charge is 2.25. The summed E-state index contributed by atoms with van der Waals surface area (Å²) < 4.78 is 29.9. The average molecular weight is 681 g/mol. The Morgan fingerprint density at radius 2 is 1.51 bits per heavy atom. The van der Waals surface area contributed by atoms with Gasteiger partial charge in [-0.25, -0.2) is 13.2 Å². The number of anilines is 2. The molecule has 0 fully saturated rings. The number of carbonyl (C=O) groups excluding carboxylic acids is 2. The summed E-state index contributed by atoms with van der Waals surface area (Å²) in [5.41, 5.74) is 5.99. The summed E-state index contributed by atoms with van der Waals surface area (Å²) in [6, 6.07) is 25.2. The van der Waals surface area contributed by atoms with Gasteiger partial charge in [-0.1, -0.05) is 66.7 Å². The largest absolute Gasteiger partial charge is 0.481 e. The smallest absolute Gasteiger partial charge is 0.320 e. The minimum absolute atomic E-state index is 0.000114. The highest BCUT2D eigenvalue weighted by molar-refractivity contribution is 7.93. The third-order valence-corrected chi connectivity index (χ3v) is 10.1. The lowest BCUT2D eigenvalue weighted by atomic mass is 9.91. The van der Waals surface area contributed by atoms with Gasteiger partial charge in [-0.3, -0.25) is 14.3 Å². The number of carbonyl (C=O) groups is 3. The van der Waals surface area contributed by atoms with Crippen LogP contribution >= 0.6 is 0 Å². The van der Waals surface area contributed by atoms with Crippen molar-refractivity contribution in [1.82, 2.24) is 10.6 Å². The van der Waals surface area contributed by atoms with Crippen LogP contribution in [0.15, 0.2) is 102 Å². The molecule has 5 rings (SSSR count). The molecule has 1 aliphatic carbocycles. The summed E-state index contributed by atoms with van der Waals surface area (Å²) in [6.45, 7) is 3.50. The first-order chi connectivity index (χ1) is 23.5. The van der Waals surface area contributed by atoms with Gasteiger partial charge in [0.2, 0.25) is 0 Å². The lowest BCUT2D eigenvalue weighted by molar-refractivity contribution is -0.136. The van der Waals surface area contributed by atoms with Gasteiger partial charge in [-0.15, -0.1) is 0 Å². The minimum atomic E-state index is -4.08. The number of para-hydroxylation sites is 1. The number of nitrogens with one attached hydrogen (secondary N) is 4. The number of urea groups is 1. The lowest BCUT2D eigenvalue weighted by Crippen LogP contribution is -2.34. The highest BCUT2D eigenvalue weighted by Crippen LogP contribution is 2.32. The number of benzene rings is 4. The number of hydrogen-bond acceptors (Lipinski definition) is 5. The number of aryl methyl sites for hydroxylation is 1. The van der Waals surface area contributed by atoms with Crippen LogP contribution in [0.5, 0.6) is 0 Å². The summed E-state index contributed by atoms with van der Waals surface area (Å²) in [5.74, 6) is -1.42. The molecule has 0 spiro atoms. The van der Waals surface area contributed by atoms with Crippen molar-refractivity contribution < 1.29 is 27.9 Å². The summed E-state index contributed by atoms with van der Waals surface area (Å²) in [5, 5.41) is 17.2. The van der Waals surface area contributed by atoms with E-state index in [0.717, 1.165) is 36.0 Å². The van der Waals surface area contributed by atoms with Gasteiger partial charge in [0.1, 0.15) is 4.90 Å². The number of rotatable bonds is 12. The molecule has 0 saturated carbocycles. The first-order valence-corrected chi connectivity index (χ1v) is 17.6. The zero-order valence-corrected chi connectivity index (χ0v) is 28.3. The van der Waals surface area contributed by atoms with Gasteiger partial charge in [0.15, 0.2) is 0 Å². The van der Waals surface area contributed by atoms with Crippen LogP contribution in [0.2, 0.25) is 0 Å². The van der Waals surface area contributed by atoms with Gasteiger partial charge >= 0.3 is 12.0 Å². The van der Waals surface area contributed by atoms with E-state index in [1.54, 1.807) is 80.6 Å². The Morgan fingerprint density at radius 1 is 0.837 bits per heavy atom. The van der Waals surface area contributed by atoms with Crippen molar-refractivity contribution in [1.29, 1.82) is 0 Å². The van der Waals surface area contributed by atoms with Crippen molar-refractivity contribution in [3.05, 3.63) is 130 Å². The molecule has 4 aromatic rings. The van der Waals surface area contributed by atoms with Gasteiger partial charge in [-0.05, 0) is 103 Å². The molecule has 11 heteroatoms. The number of amides is 3. The Bertz CT molecular complexity index is 1960. The van der Waals surface area contributed by atoms with E-state index in [1.807, 2.05) is 24.3 Å². The molecular formula is C38H40N4O6S. The fourth-order valence-corrected chi connectivity index (χ4v) is 7.32. The van der Waals surface area contributed by atoms with Crippen LogP contribution in [-0.4, -0.2) is 38.0 Å². The van der Waals surface area contributed by atoms with Gasteiger partial charge in [-0.2, -0.15) is 0 Å². The highest BCUT2D eigenvalue weighted by atomic mass is 32.2. The predicted octanol–water partition coefficient (Wildman–Crippen LogP) is 7.18. The predicted molar refractivity (Wildman–Crippen MR) is 191 cm³/mol. The molecule has 1 atom stereocenters. The Labute approximate surface area is 286 Å². The molecule has 0 aromatic heterocycles. The second-order valence-corrected chi connectivity index (χ2v) is 13.6. The van der Waals surface area contributed by atoms with Gasteiger partial charge in [0, 0.05) is 17.8 Å². The monoisotopic (exact) mass is 680 g/mol. The summed E-state index contributed by atoms with van der Waals surface area (Å²) in [7, 11) is -4.08. The number of sulfonamides is 1. The van der Waals surface area contributed by atoms with Crippen LogP contribution in [0.1, 0.15) is 76.3 Å². The van der Waals surface area contributed by atoms with Gasteiger partial charge < -0.3 is 21.1 Å². The maximum Gasteiger partial charge on any atom is 0.320 e. The second-order valence-electron chi connectivity index (χ2n) is 12.0. The fourth-order valence-electron chi connectivity index (χ4n) is 5.80. The average Bonchev–Trinajstić information content (AvgIpc) is 3.09. The third-order valence-electron chi connectivity index (χ3n) is 8.53. The normalized spacial score (nSPS) is 13.5.